The van der Waals surface area contributed by atoms with E-state index in [2.05, 4.69) is 71.7 Å². The van der Waals surface area contributed by atoms with E-state index in [1.54, 1.807) is 43.2 Å². The van der Waals surface area contributed by atoms with Crippen LogP contribution in [0, 0.1) is 0 Å². The first-order valence-corrected chi connectivity index (χ1v) is 11.8. The molecule has 13 nitrogen and oxygen atoms in total. The average molecular weight is 563 g/mol. The quantitative estimate of drug-likeness (QED) is 0.178. The Kier molecular flexibility index (Phi) is 6.63. The van der Waals surface area contributed by atoms with Gasteiger partial charge in [0, 0.05) is 16.2 Å². The lowest BCUT2D eigenvalue weighted by atomic mass is 10.3. The summed E-state index contributed by atoms with van der Waals surface area (Å²) in [6.45, 7) is 0. The zero-order valence-electron chi connectivity index (χ0n) is 18.1. The highest BCUT2D eigenvalue weighted by molar-refractivity contribution is 9.10. The van der Waals surface area contributed by atoms with Crippen LogP contribution in [0.5, 0.6) is 0 Å². The van der Waals surface area contributed by atoms with Crippen LogP contribution in [0.1, 0.15) is 10.5 Å². The predicted molar refractivity (Wildman–Crippen MR) is 138 cm³/mol. The van der Waals surface area contributed by atoms with E-state index in [0.717, 1.165) is 48.0 Å². The molecule has 36 heavy (non-hydrogen) atoms. The van der Waals surface area contributed by atoms with Gasteiger partial charge in [-0.25, -0.2) is 4.98 Å². The topological polar surface area (TPSA) is 194 Å². The van der Waals surface area contributed by atoms with Crippen LogP contribution in [0.4, 0.5) is 5.13 Å². The number of H-pyrrole nitrogens is 3. The molecular weight excluding hydrogens is 548 g/mol. The molecule has 0 atom stereocenters. The molecule has 0 unspecified atom stereocenters. The van der Waals surface area contributed by atoms with Crippen molar-refractivity contribution >= 4 is 71.4 Å². The number of nitrogens with one attached hydrogen (secondary N) is 3. The van der Waals surface area contributed by atoms with Crippen LogP contribution in [0.3, 0.4) is 0 Å². The van der Waals surface area contributed by atoms with Crippen LogP contribution in [0.25, 0.3) is 43.4 Å². The van der Waals surface area contributed by atoms with E-state index >= 15 is 0 Å². The number of aromatic amines is 3. The van der Waals surface area contributed by atoms with Crippen LogP contribution in [-0.4, -0.2) is 62.0 Å². The minimum Gasteiger partial charge on any atom is -0.374 e. The zero-order chi connectivity index (χ0) is 24.9. The maximum Gasteiger partial charge on any atom is 0.203 e. The molecular formula is C21H15BrN12OS. The summed E-state index contributed by atoms with van der Waals surface area (Å²) in [6, 6.07) is 5.50. The van der Waals surface area contributed by atoms with Gasteiger partial charge in [0.15, 0.2) is 11.3 Å². The molecule has 0 radical (unpaired) electrons. The van der Waals surface area contributed by atoms with E-state index in [-0.39, 0.29) is 0 Å². The first kappa shape index (κ1) is 23.1. The molecule has 0 aliphatic heterocycles. The maximum atomic E-state index is 10.3. The van der Waals surface area contributed by atoms with Gasteiger partial charge in [0.25, 0.3) is 0 Å². The standard InChI is InChI=1S/C8H6N6S.C7H5N3O.C6H4BrN3/c9-8-14-13-7(15-8)5-1-4-2-11-12-6(4)3-10-5;11-4-6-1-5-2-9-10-7(5)3-8-6;7-6-1-4-2-9-10-5(4)3-8-6/h1-3H,(H2,9,14)(H,11,12);1-4H,(H,9,10);1-3H,(H,9,10). The minimum atomic E-state index is 0.430. The zero-order valence-corrected chi connectivity index (χ0v) is 20.5. The van der Waals surface area contributed by atoms with E-state index in [1.807, 2.05) is 12.1 Å². The fourth-order valence-electron chi connectivity index (χ4n) is 3.04. The number of fused-ring (bicyclic) bond motifs is 3. The third-order valence-electron chi connectivity index (χ3n) is 4.74. The molecule has 0 spiro atoms. The number of nitrogens with zero attached hydrogens (tertiary/aromatic N) is 8. The predicted octanol–water partition coefficient (Wildman–Crippen LogP) is 3.55. The van der Waals surface area contributed by atoms with E-state index in [4.69, 9.17) is 5.73 Å². The van der Waals surface area contributed by atoms with Gasteiger partial charge in [-0.05, 0) is 34.1 Å². The molecule has 0 aliphatic rings. The number of rotatable bonds is 2. The van der Waals surface area contributed by atoms with Gasteiger partial charge in [0.05, 0.1) is 53.7 Å². The number of nitrogen functional groups attached to an aromatic ring is 1. The Morgan fingerprint density at radius 2 is 1.33 bits per heavy atom. The van der Waals surface area contributed by atoms with Gasteiger partial charge in [-0.2, -0.15) is 15.3 Å². The summed E-state index contributed by atoms with van der Waals surface area (Å²) in [6.07, 6.45) is 10.9. The van der Waals surface area contributed by atoms with Crippen molar-refractivity contribution in [2.24, 2.45) is 0 Å². The number of carbonyl (C=O) groups excluding carboxylic acids is 1. The molecule has 0 saturated carbocycles. The smallest absolute Gasteiger partial charge is 0.203 e. The largest absolute Gasteiger partial charge is 0.374 e. The van der Waals surface area contributed by atoms with E-state index in [9.17, 15) is 4.79 Å². The number of hydrogen-bond donors (Lipinski definition) is 4. The Bertz CT molecular complexity index is 1770. The third kappa shape index (κ3) is 5.21. The number of carbonyl (C=O) groups is 1. The summed E-state index contributed by atoms with van der Waals surface area (Å²) in [5.41, 5.74) is 9.40. The molecule has 178 valence electrons. The number of halogens is 1. The van der Waals surface area contributed by atoms with E-state index < -0.39 is 0 Å². The summed E-state index contributed by atoms with van der Waals surface area (Å²) in [5, 5.41) is 31.8. The highest BCUT2D eigenvalue weighted by Gasteiger charge is 2.07. The first-order valence-electron chi connectivity index (χ1n) is 10.2. The van der Waals surface area contributed by atoms with Crippen molar-refractivity contribution in [3.05, 3.63) is 65.7 Å². The highest BCUT2D eigenvalue weighted by atomic mass is 79.9. The average Bonchev–Trinajstić information content (AvgIpc) is 3.70. The molecule has 15 heteroatoms. The lowest BCUT2D eigenvalue weighted by Gasteiger charge is -1.93. The number of aldehydes is 1. The fourth-order valence-corrected chi connectivity index (χ4v) is 3.96. The van der Waals surface area contributed by atoms with Crippen LogP contribution < -0.4 is 5.73 Å². The molecule has 0 amide bonds. The van der Waals surface area contributed by atoms with Crippen LogP contribution in [-0.2, 0) is 0 Å². The summed E-state index contributed by atoms with van der Waals surface area (Å²) in [5.74, 6) is 0. The van der Waals surface area contributed by atoms with Gasteiger partial charge in [0.1, 0.15) is 16.0 Å². The van der Waals surface area contributed by atoms with Crippen molar-refractivity contribution in [2.45, 2.75) is 0 Å². The van der Waals surface area contributed by atoms with Crippen molar-refractivity contribution in [1.82, 2.24) is 55.7 Å². The SMILES string of the molecule is Brc1cc2cn[nH]c2cn1.Nc1nnc(-c2cc3cn[nH]c3cn2)s1.O=Cc1cc2cn[nH]c2cn1. The number of pyridine rings is 3. The molecule has 0 bridgehead atoms. The van der Waals surface area contributed by atoms with Gasteiger partial charge in [-0.3, -0.25) is 30.1 Å². The van der Waals surface area contributed by atoms with Crippen LogP contribution >= 0.6 is 27.3 Å². The molecule has 5 N–H and O–H groups in total. The summed E-state index contributed by atoms with van der Waals surface area (Å²) in [4.78, 5) is 22.4. The Balaban J connectivity index is 0.000000114. The monoisotopic (exact) mass is 562 g/mol. The van der Waals surface area contributed by atoms with Gasteiger partial charge in [0.2, 0.25) is 5.13 Å². The molecule has 0 saturated heterocycles. The highest BCUT2D eigenvalue weighted by Crippen LogP contribution is 2.24. The first-order chi connectivity index (χ1) is 17.6. The van der Waals surface area contributed by atoms with Gasteiger partial charge < -0.3 is 5.73 Å². The number of hydrogen-bond acceptors (Lipinski definition) is 11. The third-order valence-corrected chi connectivity index (χ3v) is 5.95. The van der Waals surface area contributed by atoms with Crippen molar-refractivity contribution in [2.75, 3.05) is 5.73 Å². The van der Waals surface area contributed by atoms with Gasteiger partial charge >= 0.3 is 0 Å². The molecule has 7 rings (SSSR count). The van der Waals surface area contributed by atoms with Crippen LogP contribution in [0.15, 0.2) is 60.0 Å². The minimum absolute atomic E-state index is 0.430. The lowest BCUT2D eigenvalue weighted by molar-refractivity contribution is 0.111. The van der Waals surface area contributed by atoms with Crippen molar-refractivity contribution in [3.8, 4) is 10.7 Å². The second-order valence-corrected chi connectivity index (χ2v) is 8.94. The lowest BCUT2D eigenvalue weighted by Crippen LogP contribution is -1.83. The number of nitrogens with two attached hydrogens (primary N) is 1. The Morgan fingerprint density at radius 1 is 0.750 bits per heavy atom. The molecule has 0 aliphatic carbocycles. The van der Waals surface area contributed by atoms with E-state index in [1.165, 1.54) is 11.3 Å². The summed E-state index contributed by atoms with van der Waals surface area (Å²) < 4.78 is 0.835. The normalized spacial score (nSPS) is 10.6. The summed E-state index contributed by atoms with van der Waals surface area (Å²) in [7, 11) is 0. The Labute approximate surface area is 213 Å². The van der Waals surface area contributed by atoms with Gasteiger partial charge in [-0.15, -0.1) is 10.2 Å². The second-order valence-electron chi connectivity index (χ2n) is 7.12. The second kappa shape index (κ2) is 10.3. The van der Waals surface area contributed by atoms with Crippen molar-refractivity contribution in [1.29, 1.82) is 0 Å². The van der Waals surface area contributed by atoms with E-state index in [0.29, 0.717) is 17.1 Å². The Hall–Kier alpha value is -4.63. The molecule has 0 aromatic carbocycles. The molecule has 7 heterocycles. The summed E-state index contributed by atoms with van der Waals surface area (Å²) >= 11 is 4.58. The Morgan fingerprint density at radius 3 is 1.94 bits per heavy atom. The van der Waals surface area contributed by atoms with Crippen molar-refractivity contribution in [3.63, 3.8) is 0 Å². The number of anilines is 1. The maximum absolute atomic E-state index is 10.3. The van der Waals surface area contributed by atoms with Gasteiger partial charge in [-0.1, -0.05) is 11.3 Å². The van der Waals surface area contributed by atoms with Crippen molar-refractivity contribution < 1.29 is 4.79 Å². The molecule has 7 aromatic rings. The molecule has 0 fully saturated rings. The number of aromatic nitrogens is 11. The van der Waals surface area contributed by atoms with Crippen LogP contribution in [0.2, 0.25) is 0 Å². The fraction of sp³-hybridized carbons (Fsp3) is 0. The molecule has 7 aromatic heterocycles.